The van der Waals surface area contributed by atoms with E-state index in [0.717, 1.165) is 25.7 Å². The van der Waals surface area contributed by atoms with Crippen LogP contribution in [0.5, 0.6) is 0 Å². The molecule has 0 spiro atoms. The average Bonchev–Trinajstić information content (AvgIpc) is 3.01. The maximum absolute atomic E-state index is 13.1. The van der Waals surface area contributed by atoms with E-state index >= 15 is 0 Å². The highest BCUT2D eigenvalue weighted by Crippen LogP contribution is 2.40. The summed E-state index contributed by atoms with van der Waals surface area (Å²) >= 11 is 0. The Hall–Kier alpha value is -2.37. The number of nitrogens with one attached hydrogen (secondary N) is 1. The largest absolute Gasteiger partial charge is 0.480 e. The molecular weight excluding hydrogens is 320 g/mol. The summed E-state index contributed by atoms with van der Waals surface area (Å²) in [5.41, 5.74) is 0.982. The van der Waals surface area contributed by atoms with Gasteiger partial charge in [-0.05, 0) is 43.4 Å². The molecule has 1 aliphatic carbocycles. The lowest BCUT2D eigenvalue weighted by atomic mass is 9.84. The van der Waals surface area contributed by atoms with Crippen LogP contribution in [0.4, 0.5) is 5.69 Å². The van der Waals surface area contributed by atoms with Gasteiger partial charge in [-0.1, -0.05) is 25.8 Å². The van der Waals surface area contributed by atoms with Crippen molar-refractivity contribution in [3.63, 3.8) is 0 Å². The van der Waals surface area contributed by atoms with E-state index in [9.17, 15) is 19.5 Å². The number of benzene rings is 1. The van der Waals surface area contributed by atoms with Crippen LogP contribution in [0.1, 0.15) is 55.8 Å². The van der Waals surface area contributed by atoms with E-state index in [1.165, 1.54) is 0 Å². The van der Waals surface area contributed by atoms with E-state index < -0.39 is 12.0 Å². The number of amides is 2. The fourth-order valence-corrected chi connectivity index (χ4v) is 4.10. The van der Waals surface area contributed by atoms with Gasteiger partial charge in [0.1, 0.15) is 6.04 Å². The zero-order valence-electron chi connectivity index (χ0n) is 14.4. The number of rotatable bonds is 4. The molecule has 3 rings (SSSR count). The molecule has 1 aliphatic heterocycles. The number of hydrogen-bond acceptors (Lipinski definition) is 3. The van der Waals surface area contributed by atoms with Crippen LogP contribution in [0.2, 0.25) is 0 Å². The molecule has 0 bridgehead atoms. The van der Waals surface area contributed by atoms with Gasteiger partial charge in [0.05, 0.1) is 0 Å². The van der Waals surface area contributed by atoms with Crippen molar-refractivity contribution < 1.29 is 19.5 Å². The number of anilines is 1. The van der Waals surface area contributed by atoms with E-state index in [-0.39, 0.29) is 23.8 Å². The van der Waals surface area contributed by atoms with Gasteiger partial charge in [-0.25, -0.2) is 4.79 Å². The highest BCUT2D eigenvalue weighted by atomic mass is 16.4. The fourth-order valence-electron chi connectivity index (χ4n) is 4.10. The molecule has 0 aromatic heterocycles. The van der Waals surface area contributed by atoms with E-state index in [1.807, 2.05) is 0 Å². The lowest BCUT2D eigenvalue weighted by molar-refractivity contribution is -0.141. The first kappa shape index (κ1) is 17.5. The number of hydrogen-bond donors (Lipinski definition) is 2. The number of carboxylic acids is 1. The molecule has 1 aromatic carbocycles. The molecule has 1 saturated heterocycles. The number of nitrogens with zero attached hydrogens (tertiary/aromatic N) is 1. The van der Waals surface area contributed by atoms with Crippen LogP contribution >= 0.6 is 0 Å². The Labute approximate surface area is 147 Å². The molecule has 1 saturated carbocycles. The SMILES string of the molecule is CCC(=O)Nc1cccc(C(=O)N2C(C(=O)O)CC3CCCCC32)c1. The minimum Gasteiger partial charge on any atom is -0.480 e. The predicted octanol–water partition coefficient (Wildman–Crippen LogP) is 2.89. The smallest absolute Gasteiger partial charge is 0.326 e. The summed E-state index contributed by atoms with van der Waals surface area (Å²) in [4.78, 5) is 37.9. The van der Waals surface area contributed by atoms with Gasteiger partial charge in [0.25, 0.3) is 5.91 Å². The normalized spacial score (nSPS) is 25.3. The molecule has 25 heavy (non-hydrogen) atoms. The van der Waals surface area contributed by atoms with Crippen molar-refractivity contribution in [3.8, 4) is 0 Å². The van der Waals surface area contributed by atoms with Crippen LogP contribution in [-0.4, -0.2) is 39.9 Å². The van der Waals surface area contributed by atoms with Gasteiger partial charge in [-0.15, -0.1) is 0 Å². The number of aliphatic carboxylic acids is 1. The molecule has 2 fully saturated rings. The Kier molecular flexibility index (Phi) is 5.06. The fraction of sp³-hybridized carbons (Fsp3) is 0.526. The van der Waals surface area contributed by atoms with Crippen molar-refractivity contribution in [2.24, 2.45) is 5.92 Å². The molecule has 1 aromatic rings. The summed E-state index contributed by atoms with van der Waals surface area (Å²) in [5.74, 6) is -1.03. The van der Waals surface area contributed by atoms with Crippen LogP contribution in [0.25, 0.3) is 0 Å². The number of fused-ring (bicyclic) bond motifs is 1. The molecule has 6 nitrogen and oxygen atoms in total. The number of likely N-dealkylation sites (tertiary alicyclic amines) is 1. The van der Waals surface area contributed by atoms with Gasteiger partial charge in [-0.2, -0.15) is 0 Å². The van der Waals surface area contributed by atoms with Crippen LogP contribution in [-0.2, 0) is 9.59 Å². The molecule has 134 valence electrons. The zero-order valence-corrected chi connectivity index (χ0v) is 14.4. The number of carboxylic acid groups (broad SMARTS) is 1. The van der Waals surface area contributed by atoms with Gasteiger partial charge in [0.15, 0.2) is 0 Å². The third kappa shape index (κ3) is 3.52. The van der Waals surface area contributed by atoms with E-state index in [0.29, 0.717) is 24.1 Å². The first-order valence-electron chi connectivity index (χ1n) is 8.96. The van der Waals surface area contributed by atoms with Gasteiger partial charge >= 0.3 is 5.97 Å². The summed E-state index contributed by atoms with van der Waals surface area (Å²) < 4.78 is 0. The second-order valence-corrected chi connectivity index (χ2v) is 6.90. The standard InChI is InChI=1S/C19H24N2O4/c1-2-17(22)20-14-8-5-7-13(10-14)18(23)21-15-9-4-3-6-12(15)11-16(21)19(24)25/h5,7-8,10,12,15-16H,2-4,6,9,11H2,1H3,(H,20,22)(H,24,25). The highest BCUT2D eigenvalue weighted by Gasteiger charge is 2.47. The lowest BCUT2D eigenvalue weighted by Crippen LogP contribution is -2.46. The third-order valence-electron chi connectivity index (χ3n) is 5.32. The zero-order chi connectivity index (χ0) is 18.0. The van der Waals surface area contributed by atoms with Gasteiger partial charge in [0, 0.05) is 23.7 Å². The highest BCUT2D eigenvalue weighted by molar-refractivity contribution is 5.99. The predicted molar refractivity (Wildman–Crippen MR) is 93.3 cm³/mol. The van der Waals surface area contributed by atoms with Crippen LogP contribution in [0.3, 0.4) is 0 Å². The van der Waals surface area contributed by atoms with Crippen molar-refractivity contribution in [2.75, 3.05) is 5.32 Å². The maximum atomic E-state index is 13.1. The van der Waals surface area contributed by atoms with Gasteiger partial charge < -0.3 is 15.3 Å². The molecule has 1 heterocycles. The minimum atomic E-state index is -0.932. The number of carbonyl (C=O) groups excluding carboxylic acids is 2. The topological polar surface area (TPSA) is 86.7 Å². The Morgan fingerprint density at radius 2 is 2.00 bits per heavy atom. The number of carbonyl (C=O) groups is 3. The van der Waals surface area contributed by atoms with Crippen molar-refractivity contribution >= 4 is 23.5 Å². The van der Waals surface area contributed by atoms with Crippen molar-refractivity contribution in [1.29, 1.82) is 0 Å². The van der Waals surface area contributed by atoms with Crippen LogP contribution in [0, 0.1) is 5.92 Å². The Balaban J connectivity index is 1.86. The van der Waals surface area contributed by atoms with E-state index in [1.54, 1.807) is 36.1 Å². The second-order valence-electron chi connectivity index (χ2n) is 6.90. The summed E-state index contributed by atoms with van der Waals surface area (Å²) in [7, 11) is 0. The molecule has 0 radical (unpaired) electrons. The summed E-state index contributed by atoms with van der Waals surface area (Å²) in [6, 6.07) is 6.00. The first-order valence-corrected chi connectivity index (χ1v) is 8.96. The molecule has 2 N–H and O–H groups in total. The van der Waals surface area contributed by atoms with E-state index in [4.69, 9.17) is 0 Å². The van der Waals surface area contributed by atoms with Gasteiger partial charge in [-0.3, -0.25) is 9.59 Å². The molecule has 3 atom stereocenters. The molecule has 2 amide bonds. The molecule has 6 heteroatoms. The molecule has 3 unspecified atom stereocenters. The third-order valence-corrected chi connectivity index (χ3v) is 5.32. The van der Waals surface area contributed by atoms with Gasteiger partial charge in [0.2, 0.25) is 5.91 Å². The minimum absolute atomic E-state index is 0.0104. The quantitative estimate of drug-likeness (QED) is 0.879. The first-order chi connectivity index (χ1) is 12.0. The second kappa shape index (κ2) is 7.25. The molecule has 2 aliphatic rings. The Bertz CT molecular complexity index is 688. The summed E-state index contributed by atoms with van der Waals surface area (Å²) in [6.45, 7) is 1.76. The van der Waals surface area contributed by atoms with Crippen molar-refractivity contribution in [2.45, 2.75) is 57.5 Å². The van der Waals surface area contributed by atoms with Crippen LogP contribution in [0.15, 0.2) is 24.3 Å². The lowest BCUT2D eigenvalue weighted by Gasteiger charge is -2.33. The Morgan fingerprint density at radius 3 is 2.72 bits per heavy atom. The van der Waals surface area contributed by atoms with Crippen LogP contribution < -0.4 is 5.32 Å². The van der Waals surface area contributed by atoms with E-state index in [2.05, 4.69) is 5.32 Å². The summed E-state index contributed by atoms with van der Waals surface area (Å²) in [6.07, 6.45) is 4.89. The summed E-state index contributed by atoms with van der Waals surface area (Å²) in [5, 5.41) is 12.3. The van der Waals surface area contributed by atoms with Crippen molar-refractivity contribution in [1.82, 2.24) is 4.90 Å². The average molecular weight is 344 g/mol. The maximum Gasteiger partial charge on any atom is 0.326 e. The monoisotopic (exact) mass is 344 g/mol. The Morgan fingerprint density at radius 1 is 1.24 bits per heavy atom. The van der Waals surface area contributed by atoms with Crippen molar-refractivity contribution in [3.05, 3.63) is 29.8 Å². The molecular formula is C19H24N2O4.